The van der Waals surface area contributed by atoms with Gasteiger partial charge in [0, 0.05) is 13.1 Å². The van der Waals surface area contributed by atoms with E-state index in [-0.39, 0.29) is 12.4 Å². The van der Waals surface area contributed by atoms with Gasteiger partial charge in [-0.15, -0.1) is 0 Å². The van der Waals surface area contributed by atoms with E-state index in [4.69, 9.17) is 9.47 Å². The van der Waals surface area contributed by atoms with Crippen LogP contribution in [-0.2, 0) is 4.79 Å². The number of carbonyl (C=O) groups is 1. The lowest BCUT2D eigenvalue weighted by molar-refractivity contribution is -0.123. The SMILES string of the molecule is COc1ccc(OCC(=O)N/N=C/c2ccc(N3CCCC3)c(F)c2)cc1. The molecule has 1 fully saturated rings. The second-order valence-electron chi connectivity index (χ2n) is 6.16. The summed E-state index contributed by atoms with van der Waals surface area (Å²) in [5.74, 6) is 0.570. The summed E-state index contributed by atoms with van der Waals surface area (Å²) in [7, 11) is 1.58. The van der Waals surface area contributed by atoms with Crippen LogP contribution in [0.25, 0.3) is 0 Å². The van der Waals surface area contributed by atoms with Crippen LogP contribution in [0.1, 0.15) is 18.4 Å². The predicted octanol–water partition coefficient (Wildman–Crippen LogP) is 2.96. The minimum absolute atomic E-state index is 0.175. The Morgan fingerprint density at radius 2 is 1.89 bits per heavy atom. The van der Waals surface area contributed by atoms with Crippen LogP contribution in [0.3, 0.4) is 0 Å². The maximum absolute atomic E-state index is 14.2. The first-order chi connectivity index (χ1) is 13.2. The zero-order chi connectivity index (χ0) is 19.1. The van der Waals surface area contributed by atoms with Crippen LogP contribution in [0.4, 0.5) is 10.1 Å². The van der Waals surface area contributed by atoms with Gasteiger partial charge in [0.1, 0.15) is 17.3 Å². The average molecular weight is 371 g/mol. The molecule has 0 atom stereocenters. The van der Waals surface area contributed by atoms with E-state index in [1.165, 1.54) is 12.3 Å². The molecule has 1 N–H and O–H groups in total. The Labute approximate surface area is 157 Å². The van der Waals surface area contributed by atoms with E-state index in [2.05, 4.69) is 10.5 Å². The normalized spacial score (nSPS) is 13.8. The van der Waals surface area contributed by atoms with Gasteiger partial charge in [-0.05, 0) is 54.8 Å². The second-order valence-corrected chi connectivity index (χ2v) is 6.16. The summed E-state index contributed by atoms with van der Waals surface area (Å²) in [6, 6.07) is 11.8. The molecule has 7 heteroatoms. The monoisotopic (exact) mass is 371 g/mol. The maximum Gasteiger partial charge on any atom is 0.277 e. The summed E-state index contributed by atoms with van der Waals surface area (Å²) in [4.78, 5) is 13.8. The highest BCUT2D eigenvalue weighted by molar-refractivity contribution is 5.83. The number of nitrogens with zero attached hydrogens (tertiary/aromatic N) is 2. The standard InChI is InChI=1S/C20H22FN3O3/c1-26-16-5-7-17(8-6-16)27-14-20(25)23-22-13-15-4-9-19(18(21)12-15)24-10-2-3-11-24/h4-9,12-13H,2-3,10-11,14H2,1H3,(H,23,25)/b22-13+. The Hall–Kier alpha value is -3.09. The number of nitrogens with one attached hydrogen (secondary N) is 1. The number of halogens is 1. The third-order valence-electron chi connectivity index (χ3n) is 4.25. The van der Waals surface area contributed by atoms with Gasteiger partial charge < -0.3 is 14.4 Å². The van der Waals surface area contributed by atoms with Crippen LogP contribution in [-0.4, -0.2) is 38.9 Å². The molecule has 2 aromatic carbocycles. The van der Waals surface area contributed by atoms with Crippen molar-refractivity contribution < 1.29 is 18.7 Å². The van der Waals surface area contributed by atoms with Crippen LogP contribution in [0, 0.1) is 5.82 Å². The second kappa shape index (κ2) is 9.02. The van der Waals surface area contributed by atoms with Gasteiger partial charge in [0.15, 0.2) is 6.61 Å². The topological polar surface area (TPSA) is 63.2 Å². The largest absolute Gasteiger partial charge is 0.497 e. The zero-order valence-electron chi connectivity index (χ0n) is 15.2. The first-order valence-electron chi connectivity index (χ1n) is 8.79. The lowest BCUT2D eigenvalue weighted by Gasteiger charge is -2.18. The number of benzene rings is 2. The first kappa shape index (κ1) is 18.7. The summed E-state index contributed by atoms with van der Waals surface area (Å²) < 4.78 is 24.6. The molecule has 0 aliphatic carbocycles. The molecule has 6 nitrogen and oxygen atoms in total. The number of methoxy groups -OCH3 is 1. The number of anilines is 1. The first-order valence-corrected chi connectivity index (χ1v) is 8.79. The fourth-order valence-corrected chi connectivity index (χ4v) is 2.85. The summed E-state index contributed by atoms with van der Waals surface area (Å²) in [5, 5.41) is 3.84. The molecule has 0 aromatic heterocycles. The number of amides is 1. The number of hydrazone groups is 1. The minimum Gasteiger partial charge on any atom is -0.497 e. The highest BCUT2D eigenvalue weighted by Gasteiger charge is 2.15. The smallest absolute Gasteiger partial charge is 0.277 e. The molecule has 1 heterocycles. The Bertz CT molecular complexity index is 803. The van der Waals surface area contributed by atoms with Crippen molar-refractivity contribution in [1.29, 1.82) is 0 Å². The highest BCUT2D eigenvalue weighted by atomic mass is 19.1. The van der Waals surface area contributed by atoms with E-state index in [0.717, 1.165) is 25.9 Å². The van der Waals surface area contributed by atoms with Gasteiger partial charge in [-0.1, -0.05) is 6.07 Å². The molecule has 2 aromatic rings. The molecule has 27 heavy (non-hydrogen) atoms. The van der Waals surface area contributed by atoms with Crippen LogP contribution < -0.4 is 19.8 Å². The van der Waals surface area contributed by atoms with Crippen molar-refractivity contribution in [2.75, 3.05) is 31.7 Å². The molecule has 1 amide bonds. The fraction of sp³-hybridized carbons (Fsp3) is 0.300. The van der Waals surface area contributed by atoms with E-state index >= 15 is 0 Å². The third kappa shape index (κ3) is 5.20. The number of ether oxygens (including phenoxy) is 2. The van der Waals surface area contributed by atoms with Gasteiger partial charge in [-0.2, -0.15) is 5.10 Å². The van der Waals surface area contributed by atoms with Crippen molar-refractivity contribution in [2.45, 2.75) is 12.8 Å². The van der Waals surface area contributed by atoms with E-state index in [9.17, 15) is 9.18 Å². The predicted molar refractivity (Wildman–Crippen MR) is 102 cm³/mol. The van der Waals surface area contributed by atoms with Gasteiger partial charge in [-0.3, -0.25) is 4.79 Å². The Kier molecular flexibility index (Phi) is 6.25. The van der Waals surface area contributed by atoms with E-state index in [1.54, 1.807) is 43.5 Å². The van der Waals surface area contributed by atoms with E-state index in [1.807, 2.05) is 4.90 Å². The Balaban J connectivity index is 1.47. The Morgan fingerprint density at radius 3 is 2.56 bits per heavy atom. The average Bonchev–Trinajstić information content (AvgIpc) is 3.21. The molecule has 142 valence electrons. The third-order valence-corrected chi connectivity index (χ3v) is 4.25. The van der Waals surface area contributed by atoms with Crippen molar-refractivity contribution in [3.63, 3.8) is 0 Å². The summed E-state index contributed by atoms with van der Waals surface area (Å²) >= 11 is 0. The quantitative estimate of drug-likeness (QED) is 0.600. The van der Waals surface area contributed by atoms with Crippen LogP contribution in [0.5, 0.6) is 11.5 Å². The summed E-state index contributed by atoms with van der Waals surface area (Å²) in [5.41, 5.74) is 3.55. The van der Waals surface area contributed by atoms with Crippen molar-refractivity contribution in [3.05, 3.63) is 53.8 Å². The van der Waals surface area contributed by atoms with Crippen LogP contribution in [0.2, 0.25) is 0 Å². The molecule has 0 saturated carbocycles. The lowest BCUT2D eigenvalue weighted by atomic mass is 10.2. The van der Waals surface area contributed by atoms with Gasteiger partial charge in [0.2, 0.25) is 0 Å². The molecule has 0 spiro atoms. The number of carbonyl (C=O) groups excluding carboxylic acids is 1. The van der Waals surface area contributed by atoms with Gasteiger partial charge in [0.25, 0.3) is 5.91 Å². The summed E-state index contributed by atoms with van der Waals surface area (Å²) in [6.45, 7) is 1.59. The fourth-order valence-electron chi connectivity index (χ4n) is 2.85. The van der Waals surface area contributed by atoms with Crippen molar-refractivity contribution in [2.24, 2.45) is 5.10 Å². The van der Waals surface area contributed by atoms with E-state index < -0.39 is 5.91 Å². The van der Waals surface area contributed by atoms with Crippen molar-refractivity contribution in [1.82, 2.24) is 5.43 Å². The number of hydrogen-bond acceptors (Lipinski definition) is 5. The minimum atomic E-state index is -0.406. The molecule has 0 radical (unpaired) electrons. The number of hydrogen-bond donors (Lipinski definition) is 1. The Morgan fingerprint density at radius 1 is 1.19 bits per heavy atom. The van der Waals surface area contributed by atoms with Gasteiger partial charge in [0.05, 0.1) is 19.0 Å². The zero-order valence-corrected chi connectivity index (χ0v) is 15.2. The summed E-state index contributed by atoms with van der Waals surface area (Å²) in [6.07, 6.45) is 3.59. The van der Waals surface area contributed by atoms with Gasteiger partial charge >= 0.3 is 0 Å². The molecular weight excluding hydrogens is 349 g/mol. The van der Waals surface area contributed by atoms with Crippen LogP contribution in [0.15, 0.2) is 47.6 Å². The maximum atomic E-state index is 14.2. The van der Waals surface area contributed by atoms with Crippen molar-refractivity contribution >= 4 is 17.8 Å². The molecule has 3 rings (SSSR count). The lowest BCUT2D eigenvalue weighted by Crippen LogP contribution is -2.24. The van der Waals surface area contributed by atoms with Gasteiger partial charge in [-0.25, -0.2) is 9.82 Å². The molecular formula is C20H22FN3O3. The molecule has 0 bridgehead atoms. The van der Waals surface area contributed by atoms with Crippen LogP contribution >= 0.6 is 0 Å². The highest BCUT2D eigenvalue weighted by Crippen LogP contribution is 2.24. The molecule has 1 aliphatic rings. The molecule has 1 saturated heterocycles. The number of rotatable bonds is 7. The van der Waals surface area contributed by atoms with E-state index in [0.29, 0.717) is 22.7 Å². The molecule has 1 aliphatic heterocycles. The van der Waals surface area contributed by atoms with Crippen molar-refractivity contribution in [3.8, 4) is 11.5 Å². The molecule has 0 unspecified atom stereocenters.